The highest BCUT2D eigenvalue weighted by molar-refractivity contribution is 5.76. The second-order valence-electron chi connectivity index (χ2n) is 9.15. The maximum absolute atomic E-state index is 12.0. The Labute approximate surface area is 251 Å². The van der Waals surface area contributed by atoms with Crippen molar-refractivity contribution < 1.29 is 61.8 Å². The van der Waals surface area contributed by atoms with Crippen LogP contribution < -0.4 is 21.4 Å². The van der Waals surface area contributed by atoms with Gasteiger partial charge in [-0.3, -0.25) is 24.7 Å². The summed E-state index contributed by atoms with van der Waals surface area (Å²) in [5.41, 5.74) is 1.65. The van der Waals surface area contributed by atoms with Gasteiger partial charge in [0.05, 0.1) is 64.9 Å². The van der Waals surface area contributed by atoms with Crippen molar-refractivity contribution in [1.82, 2.24) is 21.4 Å². The summed E-state index contributed by atoms with van der Waals surface area (Å²) in [4.78, 5) is 47.8. The van der Waals surface area contributed by atoms with E-state index in [0.717, 1.165) is 0 Å². The van der Waals surface area contributed by atoms with Crippen LogP contribution in [0.5, 0.6) is 0 Å². The van der Waals surface area contributed by atoms with E-state index in [1.54, 1.807) is 0 Å². The molecule has 0 spiro atoms. The highest BCUT2D eigenvalue weighted by Gasteiger charge is 2.33. The van der Waals surface area contributed by atoms with Crippen molar-refractivity contribution in [3.8, 4) is 0 Å². The Kier molecular flexibility index (Phi) is 27.8. The minimum atomic E-state index is -0.871. The number of carbonyl (C=O) groups excluding carboxylic acids is 3. The molecular formula is C26H48F2N4O11. The van der Waals surface area contributed by atoms with Crippen LogP contribution in [0.25, 0.3) is 0 Å². The van der Waals surface area contributed by atoms with Gasteiger partial charge in [-0.2, -0.15) is 9.88 Å². The molecule has 0 saturated carbocycles. The van der Waals surface area contributed by atoms with E-state index in [4.69, 9.17) is 28.5 Å². The van der Waals surface area contributed by atoms with Gasteiger partial charge in [-0.15, -0.1) is 0 Å². The van der Waals surface area contributed by atoms with Crippen molar-refractivity contribution in [3.63, 3.8) is 0 Å². The van der Waals surface area contributed by atoms with Gasteiger partial charge in [-0.05, 0) is 15.5 Å². The second-order valence-corrected chi connectivity index (χ2v) is 9.15. The molecule has 0 aliphatic rings. The fraction of sp³-hybridized carbons (Fsp3) is 0.808. The number of hydrogen-bond acceptors (Lipinski definition) is 12. The van der Waals surface area contributed by atoms with Crippen molar-refractivity contribution in [2.24, 2.45) is 5.41 Å². The lowest BCUT2D eigenvalue weighted by Gasteiger charge is -2.33. The normalized spacial score (nSPS) is 11.2. The Morgan fingerprint density at radius 3 is 1.47 bits per heavy atom. The van der Waals surface area contributed by atoms with Crippen LogP contribution in [0, 0.1) is 5.41 Å². The number of methoxy groups -OCH3 is 1. The van der Waals surface area contributed by atoms with Crippen LogP contribution in [0.4, 0.5) is 9.05 Å². The lowest BCUT2D eigenvalue weighted by atomic mass is 9.92. The third-order valence-corrected chi connectivity index (χ3v) is 5.39. The second kappa shape index (κ2) is 29.6. The van der Waals surface area contributed by atoms with Crippen molar-refractivity contribution in [2.75, 3.05) is 106 Å². The summed E-state index contributed by atoms with van der Waals surface area (Å²) in [6, 6.07) is 0. The molecule has 0 heterocycles. The van der Waals surface area contributed by atoms with E-state index in [-0.39, 0.29) is 110 Å². The summed E-state index contributed by atoms with van der Waals surface area (Å²) < 4.78 is 51.8. The first kappa shape index (κ1) is 40.5. The first-order chi connectivity index (χ1) is 20.9. The number of nitrogens with one attached hydrogen (secondary N) is 4. The molecule has 0 atom stereocenters. The molecule has 0 bridgehead atoms. The first-order valence-corrected chi connectivity index (χ1v) is 14.0. The van der Waals surface area contributed by atoms with Crippen LogP contribution in [0.15, 0.2) is 12.8 Å². The largest absolute Gasteiger partial charge is 0.383 e. The highest BCUT2D eigenvalue weighted by Crippen LogP contribution is 2.21. The van der Waals surface area contributed by atoms with Crippen molar-refractivity contribution in [1.29, 1.82) is 0 Å². The number of ether oxygens (including phenoxy) is 5. The van der Waals surface area contributed by atoms with Gasteiger partial charge in [-0.25, -0.2) is 0 Å². The molecule has 0 aliphatic carbocycles. The zero-order valence-corrected chi connectivity index (χ0v) is 25.0. The number of hydroxylamine groups is 1. The van der Waals surface area contributed by atoms with Crippen LogP contribution in [0.2, 0.25) is 0 Å². The fourth-order valence-electron chi connectivity index (χ4n) is 3.27. The van der Waals surface area contributed by atoms with Gasteiger partial charge in [0.2, 0.25) is 17.7 Å². The van der Waals surface area contributed by atoms with Crippen molar-refractivity contribution >= 4 is 17.7 Å². The lowest BCUT2D eigenvalue weighted by Crippen LogP contribution is -2.42. The smallest absolute Gasteiger partial charge is 0.222 e. The maximum atomic E-state index is 12.0. The molecular weight excluding hydrogens is 582 g/mol. The predicted molar refractivity (Wildman–Crippen MR) is 148 cm³/mol. The van der Waals surface area contributed by atoms with Crippen molar-refractivity contribution in [2.45, 2.75) is 25.7 Å². The van der Waals surface area contributed by atoms with Gasteiger partial charge in [0, 0.05) is 58.8 Å². The van der Waals surface area contributed by atoms with Crippen molar-refractivity contribution in [3.05, 3.63) is 12.8 Å². The Hall–Kier alpha value is -2.51. The zero-order chi connectivity index (χ0) is 31.9. The Morgan fingerprint density at radius 1 is 0.651 bits per heavy atom. The number of carbonyl (C=O) groups is 3. The minimum Gasteiger partial charge on any atom is -0.383 e. The number of halogens is 2. The average Bonchev–Trinajstić information content (AvgIpc) is 2.99. The summed E-state index contributed by atoms with van der Waals surface area (Å²) in [5, 5.41) is 7.70. The van der Waals surface area contributed by atoms with Gasteiger partial charge in [0.25, 0.3) is 0 Å². The fourth-order valence-corrected chi connectivity index (χ4v) is 3.27. The summed E-state index contributed by atoms with van der Waals surface area (Å²) in [6.45, 7) is 5.01. The van der Waals surface area contributed by atoms with Crippen LogP contribution in [0.3, 0.4) is 0 Å². The highest BCUT2D eigenvalue weighted by atomic mass is 19.3. The molecule has 0 saturated heterocycles. The van der Waals surface area contributed by atoms with E-state index in [9.17, 15) is 23.4 Å². The molecule has 252 valence electrons. The van der Waals surface area contributed by atoms with E-state index in [1.165, 1.54) is 13.3 Å². The van der Waals surface area contributed by atoms with Gasteiger partial charge < -0.3 is 39.6 Å². The predicted octanol–water partition coefficient (Wildman–Crippen LogP) is 0.0615. The van der Waals surface area contributed by atoms with Gasteiger partial charge in [0.15, 0.2) is 0 Å². The van der Waals surface area contributed by atoms with Crippen LogP contribution >= 0.6 is 0 Å². The summed E-state index contributed by atoms with van der Waals surface area (Å²) in [5.74, 6) is -0.890. The van der Waals surface area contributed by atoms with E-state index < -0.39 is 5.41 Å². The monoisotopic (exact) mass is 630 g/mol. The van der Waals surface area contributed by atoms with E-state index in [1.807, 2.05) is 0 Å². The van der Waals surface area contributed by atoms with Crippen LogP contribution in [0.1, 0.15) is 25.7 Å². The summed E-state index contributed by atoms with van der Waals surface area (Å²) in [6.07, 6.45) is 2.11. The van der Waals surface area contributed by atoms with E-state index in [2.05, 4.69) is 37.9 Å². The molecule has 0 fully saturated rings. The Bertz CT molecular complexity index is 653. The molecule has 4 N–H and O–H groups in total. The lowest BCUT2D eigenvalue weighted by molar-refractivity contribution is -0.136. The van der Waals surface area contributed by atoms with Crippen LogP contribution in [-0.4, -0.2) is 124 Å². The topological polar surface area (TPSA) is 173 Å². The van der Waals surface area contributed by atoms with E-state index in [0.29, 0.717) is 32.8 Å². The molecule has 0 radical (unpaired) electrons. The molecule has 3 amide bonds. The molecule has 0 rings (SSSR count). The number of amides is 3. The zero-order valence-electron chi connectivity index (χ0n) is 25.0. The summed E-state index contributed by atoms with van der Waals surface area (Å²) >= 11 is 0. The summed E-state index contributed by atoms with van der Waals surface area (Å²) in [7, 11) is 1.54. The van der Waals surface area contributed by atoms with E-state index >= 15 is 0 Å². The number of rotatable bonds is 32. The molecule has 17 heteroatoms. The van der Waals surface area contributed by atoms with Gasteiger partial charge >= 0.3 is 0 Å². The molecule has 43 heavy (non-hydrogen) atoms. The SMILES string of the molecule is C=CNOCCCOCC(COCCC(=O)NCCOC)(COCCC(=O)NCCOF)COCCC(=O)NCCOF. The maximum Gasteiger partial charge on any atom is 0.222 e. The Morgan fingerprint density at radius 2 is 1.07 bits per heavy atom. The standard InChI is InChI=1S/C26H48F2N4O11/c1-3-32-43-12-4-11-37-19-26(20-38-13-5-23(33)29-8-16-36-2,21-39-14-6-24(34)30-9-17-41-27)22-40-15-7-25(35)31-10-18-42-28/h3,32H,1,4-22H2,2H3,(H,29,33)(H,30,34)(H,31,35). The molecule has 0 aromatic heterocycles. The van der Waals surface area contributed by atoms with Gasteiger partial charge in [-0.1, -0.05) is 6.58 Å². The molecule has 0 unspecified atom stereocenters. The van der Waals surface area contributed by atoms with Crippen LogP contribution in [-0.2, 0) is 52.8 Å². The minimum absolute atomic E-state index is 0.0169. The molecule has 0 aliphatic heterocycles. The third kappa shape index (κ3) is 25.7. The average molecular weight is 631 g/mol. The van der Waals surface area contributed by atoms with Gasteiger partial charge in [0.1, 0.15) is 13.2 Å². The molecule has 0 aromatic carbocycles. The molecule has 0 aromatic rings. The quantitative estimate of drug-likeness (QED) is 0.0583. The first-order valence-electron chi connectivity index (χ1n) is 14.0. The third-order valence-electron chi connectivity index (χ3n) is 5.39. The molecule has 15 nitrogen and oxygen atoms in total. The number of hydrogen-bond donors (Lipinski definition) is 4. The Balaban J connectivity index is 5.17.